The largest absolute Gasteiger partial charge is 0.573 e. The Bertz CT molecular complexity index is 1850. The van der Waals surface area contributed by atoms with Crippen LogP contribution in [0.5, 0.6) is 5.75 Å². The molecule has 0 bridgehead atoms. The molecule has 15 heteroatoms. The molecule has 0 atom stereocenters. The Morgan fingerprint density at radius 3 is 2.10 bits per heavy atom. The van der Waals surface area contributed by atoms with Crippen LogP contribution in [0.3, 0.4) is 0 Å². The van der Waals surface area contributed by atoms with Gasteiger partial charge in [0.05, 0.1) is 24.1 Å². The minimum Gasteiger partial charge on any atom is -0.406 e. The highest BCUT2D eigenvalue weighted by Gasteiger charge is 2.31. The van der Waals surface area contributed by atoms with Crippen molar-refractivity contribution in [3.05, 3.63) is 110 Å². The van der Waals surface area contributed by atoms with Crippen LogP contribution in [0.25, 0.3) is 11.0 Å². The Morgan fingerprint density at radius 1 is 0.810 bits per heavy atom. The van der Waals surface area contributed by atoms with Gasteiger partial charge in [0, 0.05) is 13.1 Å². The third-order valence-corrected chi connectivity index (χ3v) is 6.26. The maximum atomic E-state index is 13.8. The first kappa shape index (κ1) is 28.3. The van der Waals surface area contributed by atoms with Gasteiger partial charge in [0.1, 0.15) is 17.4 Å². The molecule has 3 N–H and O–H groups in total. The lowest BCUT2D eigenvalue weighted by atomic mass is 10.2. The number of benzene rings is 3. The van der Waals surface area contributed by atoms with E-state index in [4.69, 9.17) is 5.73 Å². The summed E-state index contributed by atoms with van der Waals surface area (Å²) in [4.78, 5) is 34.6. The lowest BCUT2D eigenvalue weighted by molar-refractivity contribution is -0.274. The number of nitrogens with one attached hydrogen (secondary N) is 1. The normalized spacial score (nSPS) is 11.6. The molecule has 218 valence electrons. The van der Waals surface area contributed by atoms with E-state index < -0.39 is 35.1 Å². The van der Waals surface area contributed by atoms with Crippen molar-refractivity contribution in [1.29, 1.82) is 0 Å². The molecular weight excluding hydrogens is 565 g/mol. The number of nitrogen functional groups attached to an aromatic ring is 1. The van der Waals surface area contributed by atoms with E-state index in [-0.39, 0.29) is 38.1 Å². The third kappa shape index (κ3) is 6.40. The van der Waals surface area contributed by atoms with Crippen molar-refractivity contribution in [2.45, 2.75) is 26.0 Å². The van der Waals surface area contributed by atoms with Crippen LogP contribution in [-0.4, -0.2) is 36.6 Å². The number of hydrogen-bond acceptors (Lipinski definition) is 7. The average molecular weight is 588 g/mol. The van der Waals surface area contributed by atoms with Crippen molar-refractivity contribution in [3.8, 4) is 5.75 Å². The second-order valence-electron chi connectivity index (χ2n) is 9.17. The van der Waals surface area contributed by atoms with Crippen molar-refractivity contribution in [2.24, 2.45) is 0 Å². The molecule has 42 heavy (non-hydrogen) atoms. The van der Waals surface area contributed by atoms with Crippen molar-refractivity contribution in [2.75, 3.05) is 17.6 Å². The highest BCUT2D eigenvalue weighted by Crippen LogP contribution is 2.23. The average Bonchev–Trinajstić information content (AvgIpc) is 3.24. The molecule has 0 saturated carbocycles. The summed E-state index contributed by atoms with van der Waals surface area (Å²) in [5.74, 6) is -1.42. The summed E-state index contributed by atoms with van der Waals surface area (Å²) in [6.45, 7) is -0.138. The van der Waals surface area contributed by atoms with Gasteiger partial charge in [0.2, 0.25) is 11.9 Å². The van der Waals surface area contributed by atoms with E-state index in [1.54, 1.807) is 4.57 Å². The molecule has 10 nitrogen and oxygen atoms in total. The molecule has 2 heterocycles. The van der Waals surface area contributed by atoms with Crippen LogP contribution < -0.4 is 27.2 Å². The Balaban J connectivity index is 1.45. The van der Waals surface area contributed by atoms with Gasteiger partial charge in [-0.3, -0.25) is 4.57 Å². The van der Waals surface area contributed by atoms with Gasteiger partial charge in [-0.15, -0.1) is 13.2 Å². The molecular formula is C27H22F5N7O3. The minimum absolute atomic E-state index is 0.0817. The standard InChI is InChI=1S/C27H22F5N7O3/c28-18-5-1-16(2-6-18)15-39-25(40)36-24(34-11-12-37-22-13-19(29)7-10-21(22)35-23(37)33)38(26(39)41)14-17-3-8-20(9-4-17)42-27(30,31)32/h1-10,13H,11-12,14-15H2,(H2,33,35)(H,34,36,40). The zero-order valence-electron chi connectivity index (χ0n) is 21.6. The second kappa shape index (κ2) is 11.3. The maximum absolute atomic E-state index is 13.8. The first-order valence-electron chi connectivity index (χ1n) is 12.4. The zero-order chi connectivity index (χ0) is 30.0. The Hall–Kier alpha value is -5.21. The first-order valence-corrected chi connectivity index (χ1v) is 12.4. The van der Waals surface area contributed by atoms with Gasteiger partial charge in [-0.05, 0) is 53.6 Å². The second-order valence-corrected chi connectivity index (χ2v) is 9.17. The number of nitrogens with zero attached hydrogens (tertiary/aromatic N) is 5. The smallest absolute Gasteiger partial charge is 0.406 e. The number of anilines is 2. The lowest BCUT2D eigenvalue weighted by Gasteiger charge is -2.16. The first-order chi connectivity index (χ1) is 20.0. The quantitative estimate of drug-likeness (QED) is 0.252. The molecule has 0 radical (unpaired) electrons. The molecule has 5 aromatic rings. The molecule has 2 aromatic heterocycles. The number of ether oxygens (including phenoxy) is 1. The van der Waals surface area contributed by atoms with E-state index in [0.29, 0.717) is 22.2 Å². The summed E-state index contributed by atoms with van der Waals surface area (Å²) in [5, 5.41) is 2.92. The fourth-order valence-corrected chi connectivity index (χ4v) is 4.32. The van der Waals surface area contributed by atoms with Gasteiger partial charge >= 0.3 is 17.7 Å². The summed E-state index contributed by atoms with van der Waals surface area (Å²) >= 11 is 0. The highest BCUT2D eigenvalue weighted by atomic mass is 19.4. The van der Waals surface area contributed by atoms with Gasteiger partial charge in [-0.1, -0.05) is 24.3 Å². The van der Waals surface area contributed by atoms with Crippen LogP contribution in [-0.2, 0) is 19.6 Å². The minimum atomic E-state index is -4.87. The number of imidazole rings is 1. The molecule has 0 aliphatic rings. The fourth-order valence-electron chi connectivity index (χ4n) is 4.32. The molecule has 0 unspecified atom stereocenters. The topological polar surface area (TPSA) is 122 Å². The van der Waals surface area contributed by atoms with Crippen LogP contribution in [0.4, 0.5) is 33.8 Å². The van der Waals surface area contributed by atoms with Crippen molar-refractivity contribution < 1.29 is 26.7 Å². The number of rotatable bonds is 9. The number of hydrogen-bond donors (Lipinski definition) is 2. The number of nitrogens with two attached hydrogens (primary N) is 1. The van der Waals surface area contributed by atoms with Gasteiger partial charge in [-0.25, -0.2) is 27.9 Å². The van der Waals surface area contributed by atoms with E-state index in [2.05, 4.69) is 20.0 Å². The molecule has 0 aliphatic carbocycles. The van der Waals surface area contributed by atoms with Crippen LogP contribution in [0, 0.1) is 11.6 Å². The summed E-state index contributed by atoms with van der Waals surface area (Å²) in [6.07, 6.45) is -4.87. The number of alkyl halides is 3. The Labute approximate surface area is 233 Å². The Kier molecular flexibility index (Phi) is 7.65. The lowest BCUT2D eigenvalue weighted by Crippen LogP contribution is -2.43. The third-order valence-electron chi connectivity index (χ3n) is 6.26. The molecule has 5 rings (SSSR count). The molecule has 0 fully saturated rings. The van der Waals surface area contributed by atoms with Gasteiger partial charge in [0.25, 0.3) is 0 Å². The van der Waals surface area contributed by atoms with E-state index in [1.807, 2.05) is 0 Å². The van der Waals surface area contributed by atoms with Crippen LogP contribution in [0.2, 0.25) is 0 Å². The molecule has 0 saturated heterocycles. The van der Waals surface area contributed by atoms with E-state index in [9.17, 15) is 31.5 Å². The fraction of sp³-hybridized carbons (Fsp3) is 0.185. The van der Waals surface area contributed by atoms with Crippen LogP contribution in [0.1, 0.15) is 11.1 Å². The molecule has 0 aliphatic heterocycles. The molecule has 0 spiro atoms. The van der Waals surface area contributed by atoms with Crippen molar-refractivity contribution >= 4 is 22.9 Å². The number of halogens is 5. The predicted octanol–water partition coefficient (Wildman–Crippen LogP) is 3.72. The highest BCUT2D eigenvalue weighted by molar-refractivity contribution is 5.78. The monoisotopic (exact) mass is 587 g/mol. The van der Waals surface area contributed by atoms with Crippen LogP contribution in [0.15, 0.2) is 76.3 Å². The SMILES string of the molecule is Nc1nc2ccc(F)cc2n1CCNc1nc(=O)n(Cc2ccc(F)cc2)c(=O)n1Cc1ccc(OC(F)(F)F)cc1. The van der Waals surface area contributed by atoms with Gasteiger partial charge in [-0.2, -0.15) is 4.98 Å². The summed E-state index contributed by atoms with van der Waals surface area (Å²) in [6, 6.07) is 14.1. The maximum Gasteiger partial charge on any atom is 0.573 e. The van der Waals surface area contributed by atoms with E-state index >= 15 is 0 Å². The molecule has 3 aromatic carbocycles. The van der Waals surface area contributed by atoms with E-state index in [1.165, 1.54) is 54.6 Å². The predicted molar refractivity (Wildman–Crippen MR) is 143 cm³/mol. The summed E-state index contributed by atoms with van der Waals surface area (Å²) in [5.41, 5.74) is 6.13. The van der Waals surface area contributed by atoms with Crippen LogP contribution >= 0.6 is 0 Å². The summed E-state index contributed by atoms with van der Waals surface area (Å²) in [7, 11) is 0. The molecule has 0 amide bonds. The number of fused-ring (bicyclic) bond motifs is 1. The van der Waals surface area contributed by atoms with Crippen molar-refractivity contribution in [3.63, 3.8) is 0 Å². The number of aromatic nitrogens is 5. The Morgan fingerprint density at radius 2 is 1.43 bits per heavy atom. The summed E-state index contributed by atoms with van der Waals surface area (Å²) < 4.78 is 72.3. The van der Waals surface area contributed by atoms with Crippen molar-refractivity contribution in [1.82, 2.24) is 23.7 Å². The van der Waals surface area contributed by atoms with E-state index in [0.717, 1.165) is 21.3 Å². The zero-order valence-corrected chi connectivity index (χ0v) is 21.6. The van der Waals surface area contributed by atoms with Gasteiger partial charge < -0.3 is 20.4 Å². The van der Waals surface area contributed by atoms with Gasteiger partial charge in [0.15, 0.2) is 0 Å².